The van der Waals surface area contributed by atoms with E-state index in [1.54, 1.807) is 0 Å². The Morgan fingerprint density at radius 3 is 2.29 bits per heavy atom. The first kappa shape index (κ1) is 13.9. The highest BCUT2D eigenvalue weighted by Crippen LogP contribution is 2.19. The van der Waals surface area contributed by atoms with Crippen LogP contribution in [0.3, 0.4) is 0 Å². The van der Waals surface area contributed by atoms with Crippen molar-refractivity contribution in [3.63, 3.8) is 0 Å². The van der Waals surface area contributed by atoms with Crippen LogP contribution in [0.1, 0.15) is 20.3 Å². The van der Waals surface area contributed by atoms with Crippen LogP contribution < -0.4 is 0 Å². The molecule has 0 aliphatic carbocycles. The number of carboxylic acid groups (broad SMARTS) is 1. The van der Waals surface area contributed by atoms with E-state index >= 15 is 0 Å². The zero-order valence-corrected chi connectivity index (χ0v) is 10.6. The van der Waals surface area contributed by atoms with Crippen molar-refractivity contribution in [1.29, 1.82) is 5.26 Å². The van der Waals surface area contributed by atoms with Gasteiger partial charge in [-0.2, -0.15) is 5.26 Å². The highest BCUT2D eigenvalue weighted by molar-refractivity contribution is 5.69. The SMILES string of the molecule is CC(C)(C#N)CCN1CCN(CC(=O)O)CC1. The monoisotopic (exact) mass is 239 g/mol. The van der Waals surface area contributed by atoms with Crippen molar-refractivity contribution in [2.45, 2.75) is 20.3 Å². The van der Waals surface area contributed by atoms with Crippen molar-refractivity contribution in [2.24, 2.45) is 5.41 Å². The quantitative estimate of drug-likeness (QED) is 0.762. The van der Waals surface area contributed by atoms with Crippen LogP contribution in [-0.4, -0.2) is 60.1 Å². The van der Waals surface area contributed by atoms with Crippen molar-refractivity contribution in [3.8, 4) is 6.07 Å². The van der Waals surface area contributed by atoms with Gasteiger partial charge >= 0.3 is 5.97 Å². The summed E-state index contributed by atoms with van der Waals surface area (Å²) in [6.45, 7) is 8.36. The van der Waals surface area contributed by atoms with Gasteiger partial charge in [0.05, 0.1) is 18.0 Å². The van der Waals surface area contributed by atoms with Gasteiger partial charge in [-0.3, -0.25) is 9.69 Å². The fourth-order valence-electron chi connectivity index (χ4n) is 1.86. The molecule has 0 unspecified atom stereocenters. The molecule has 1 heterocycles. The minimum Gasteiger partial charge on any atom is -0.480 e. The van der Waals surface area contributed by atoms with Crippen LogP contribution in [0.2, 0.25) is 0 Å². The molecule has 0 amide bonds. The van der Waals surface area contributed by atoms with Crippen LogP contribution in [0.5, 0.6) is 0 Å². The molecule has 5 heteroatoms. The molecule has 1 aliphatic heterocycles. The van der Waals surface area contributed by atoms with Crippen LogP contribution in [0.15, 0.2) is 0 Å². The van der Waals surface area contributed by atoms with E-state index in [-0.39, 0.29) is 12.0 Å². The molecule has 0 bridgehead atoms. The lowest BCUT2D eigenvalue weighted by molar-refractivity contribution is -0.138. The molecule has 0 spiro atoms. The van der Waals surface area contributed by atoms with Gasteiger partial charge < -0.3 is 10.0 Å². The fourth-order valence-corrected chi connectivity index (χ4v) is 1.86. The van der Waals surface area contributed by atoms with E-state index in [0.29, 0.717) is 0 Å². The molecule has 5 nitrogen and oxygen atoms in total. The third-order valence-electron chi connectivity index (χ3n) is 3.18. The number of aliphatic carboxylic acids is 1. The highest BCUT2D eigenvalue weighted by Gasteiger charge is 2.22. The van der Waals surface area contributed by atoms with Gasteiger partial charge in [0.15, 0.2) is 0 Å². The van der Waals surface area contributed by atoms with Crippen molar-refractivity contribution < 1.29 is 9.90 Å². The minimum atomic E-state index is -0.760. The summed E-state index contributed by atoms with van der Waals surface area (Å²) in [5.41, 5.74) is -0.266. The number of nitrogens with zero attached hydrogens (tertiary/aromatic N) is 3. The molecule has 0 saturated carbocycles. The smallest absolute Gasteiger partial charge is 0.317 e. The largest absolute Gasteiger partial charge is 0.480 e. The molecule has 0 aromatic rings. The molecule has 1 saturated heterocycles. The van der Waals surface area contributed by atoms with Gasteiger partial charge in [0.1, 0.15) is 0 Å². The van der Waals surface area contributed by atoms with Gasteiger partial charge in [0, 0.05) is 26.2 Å². The van der Waals surface area contributed by atoms with Crippen LogP contribution >= 0.6 is 0 Å². The Morgan fingerprint density at radius 2 is 1.82 bits per heavy atom. The molecule has 1 aliphatic rings. The average molecular weight is 239 g/mol. The van der Waals surface area contributed by atoms with E-state index < -0.39 is 5.97 Å². The van der Waals surface area contributed by atoms with Crippen LogP contribution in [0.25, 0.3) is 0 Å². The number of piperazine rings is 1. The Kier molecular flexibility index (Phi) is 4.91. The lowest BCUT2D eigenvalue weighted by Gasteiger charge is -2.34. The molecule has 1 N–H and O–H groups in total. The molecular weight excluding hydrogens is 218 g/mol. The first-order valence-corrected chi connectivity index (χ1v) is 6.01. The van der Waals surface area contributed by atoms with Gasteiger partial charge in [0.25, 0.3) is 0 Å². The molecule has 0 radical (unpaired) electrons. The van der Waals surface area contributed by atoms with Crippen molar-refractivity contribution in [2.75, 3.05) is 39.3 Å². The first-order chi connectivity index (χ1) is 7.93. The molecule has 96 valence electrons. The van der Waals surface area contributed by atoms with Gasteiger partial charge in [-0.15, -0.1) is 0 Å². The third-order valence-corrected chi connectivity index (χ3v) is 3.18. The van der Waals surface area contributed by atoms with Gasteiger partial charge in [-0.25, -0.2) is 0 Å². The maximum atomic E-state index is 10.6. The molecule has 1 fully saturated rings. The first-order valence-electron chi connectivity index (χ1n) is 6.01. The lowest BCUT2D eigenvalue weighted by atomic mass is 9.91. The molecule has 1 rings (SSSR count). The Balaban J connectivity index is 2.24. The number of hydrogen-bond donors (Lipinski definition) is 1. The van der Waals surface area contributed by atoms with E-state index in [1.165, 1.54) is 0 Å². The number of nitriles is 1. The van der Waals surface area contributed by atoms with E-state index in [2.05, 4.69) is 11.0 Å². The summed E-state index contributed by atoms with van der Waals surface area (Å²) < 4.78 is 0. The molecule has 17 heavy (non-hydrogen) atoms. The minimum absolute atomic E-state index is 0.136. The third kappa shape index (κ3) is 5.16. The molecular formula is C12H21N3O2. The number of rotatable bonds is 5. The highest BCUT2D eigenvalue weighted by atomic mass is 16.4. The predicted octanol–water partition coefficient (Wildman–Crippen LogP) is 0.628. The zero-order chi connectivity index (χ0) is 12.9. The summed E-state index contributed by atoms with van der Waals surface area (Å²) >= 11 is 0. The molecule has 0 aromatic carbocycles. The van der Waals surface area contributed by atoms with Gasteiger partial charge in [-0.1, -0.05) is 0 Å². The predicted molar refractivity (Wildman–Crippen MR) is 64.5 cm³/mol. The second-order valence-corrected chi connectivity index (χ2v) is 5.26. The van der Waals surface area contributed by atoms with Crippen LogP contribution in [-0.2, 0) is 4.79 Å². The summed E-state index contributed by atoms with van der Waals surface area (Å²) in [6.07, 6.45) is 0.864. The van der Waals surface area contributed by atoms with Crippen LogP contribution in [0, 0.1) is 16.7 Å². The van der Waals surface area contributed by atoms with E-state index in [1.807, 2.05) is 18.7 Å². The zero-order valence-electron chi connectivity index (χ0n) is 10.6. The summed E-state index contributed by atoms with van der Waals surface area (Å²) in [4.78, 5) is 14.8. The summed E-state index contributed by atoms with van der Waals surface area (Å²) in [5, 5.41) is 17.6. The molecule has 0 atom stereocenters. The Labute approximate surface area is 103 Å². The second kappa shape index (κ2) is 5.99. The Bertz CT molecular complexity index is 301. The van der Waals surface area contributed by atoms with E-state index in [4.69, 9.17) is 10.4 Å². The number of hydrogen-bond acceptors (Lipinski definition) is 4. The summed E-state index contributed by atoms with van der Waals surface area (Å²) in [5.74, 6) is -0.760. The van der Waals surface area contributed by atoms with E-state index in [9.17, 15) is 4.79 Å². The van der Waals surface area contributed by atoms with Gasteiger partial charge in [-0.05, 0) is 26.8 Å². The maximum Gasteiger partial charge on any atom is 0.317 e. The Hall–Kier alpha value is -1.12. The molecule has 0 aromatic heterocycles. The van der Waals surface area contributed by atoms with Gasteiger partial charge in [0.2, 0.25) is 0 Å². The topological polar surface area (TPSA) is 67.6 Å². The number of carboxylic acids is 1. The second-order valence-electron chi connectivity index (χ2n) is 5.26. The van der Waals surface area contributed by atoms with Crippen molar-refractivity contribution >= 4 is 5.97 Å². The standard InChI is InChI=1S/C12H21N3O2/c1-12(2,10-13)3-4-14-5-7-15(8-6-14)9-11(16)17/h3-9H2,1-2H3,(H,16,17). The number of carbonyl (C=O) groups is 1. The summed E-state index contributed by atoms with van der Waals surface area (Å²) in [6, 6.07) is 2.30. The fraction of sp³-hybridized carbons (Fsp3) is 0.833. The van der Waals surface area contributed by atoms with Crippen LogP contribution in [0.4, 0.5) is 0 Å². The van der Waals surface area contributed by atoms with E-state index in [0.717, 1.165) is 39.1 Å². The lowest BCUT2D eigenvalue weighted by Crippen LogP contribution is -2.48. The Morgan fingerprint density at radius 1 is 1.29 bits per heavy atom. The normalized spacial score (nSPS) is 18.9. The maximum absolute atomic E-state index is 10.6. The van der Waals surface area contributed by atoms with Crippen molar-refractivity contribution in [1.82, 2.24) is 9.80 Å². The summed E-state index contributed by atoms with van der Waals surface area (Å²) in [7, 11) is 0. The van der Waals surface area contributed by atoms with Crippen molar-refractivity contribution in [3.05, 3.63) is 0 Å². The average Bonchev–Trinajstić information content (AvgIpc) is 2.28.